The third-order valence-corrected chi connectivity index (χ3v) is 5.95. The van der Waals surface area contributed by atoms with E-state index in [1.54, 1.807) is 0 Å². The maximum atomic E-state index is 12.5. The number of anilines is 1. The Labute approximate surface area is 166 Å². The van der Waals surface area contributed by atoms with Crippen LogP contribution in [0.4, 0.5) is 5.69 Å². The number of ether oxygens (including phenoxy) is 1. The van der Waals surface area contributed by atoms with Gasteiger partial charge in [-0.25, -0.2) is 9.67 Å². The number of rotatable bonds is 6. The van der Waals surface area contributed by atoms with E-state index in [1.807, 2.05) is 15.8 Å². The Morgan fingerprint density at radius 3 is 2.79 bits per heavy atom. The lowest BCUT2D eigenvalue weighted by Crippen LogP contribution is -2.36. The van der Waals surface area contributed by atoms with Crippen molar-refractivity contribution < 1.29 is 9.53 Å². The number of hydrogen-bond acceptors (Lipinski definition) is 5. The summed E-state index contributed by atoms with van der Waals surface area (Å²) in [6.07, 6.45) is 7.50. The van der Waals surface area contributed by atoms with Crippen LogP contribution < -0.4 is 5.32 Å². The number of aromatic nitrogens is 3. The SMILES string of the molecule is CCc1nc2c(cnn2CC)c(NC2CCOCC2)c1CN1CCCCC1=O. The quantitative estimate of drug-likeness (QED) is 0.827. The number of aryl methyl sites for hydroxylation is 2. The van der Waals surface area contributed by atoms with Crippen molar-refractivity contribution in [2.24, 2.45) is 0 Å². The van der Waals surface area contributed by atoms with Crippen molar-refractivity contribution in [3.05, 3.63) is 17.5 Å². The Hall–Kier alpha value is -2.15. The lowest BCUT2D eigenvalue weighted by atomic mass is 10.0. The van der Waals surface area contributed by atoms with E-state index in [2.05, 4.69) is 24.3 Å². The maximum Gasteiger partial charge on any atom is 0.222 e. The van der Waals surface area contributed by atoms with E-state index >= 15 is 0 Å². The summed E-state index contributed by atoms with van der Waals surface area (Å²) >= 11 is 0. The first kappa shape index (κ1) is 19.2. The Morgan fingerprint density at radius 2 is 2.07 bits per heavy atom. The predicted molar refractivity (Wildman–Crippen MR) is 109 cm³/mol. The highest BCUT2D eigenvalue weighted by Gasteiger charge is 2.25. The van der Waals surface area contributed by atoms with Crippen LogP contribution in [0.1, 0.15) is 57.2 Å². The van der Waals surface area contributed by atoms with Crippen LogP contribution in [0.5, 0.6) is 0 Å². The van der Waals surface area contributed by atoms with Gasteiger partial charge in [-0.2, -0.15) is 5.10 Å². The summed E-state index contributed by atoms with van der Waals surface area (Å²) < 4.78 is 7.49. The predicted octanol–water partition coefficient (Wildman–Crippen LogP) is 3.12. The Bertz CT molecular complexity index is 841. The fourth-order valence-corrected chi connectivity index (χ4v) is 4.30. The maximum absolute atomic E-state index is 12.5. The number of fused-ring (bicyclic) bond motifs is 1. The molecule has 7 heteroatoms. The van der Waals surface area contributed by atoms with Gasteiger partial charge in [-0.3, -0.25) is 4.79 Å². The monoisotopic (exact) mass is 385 g/mol. The fraction of sp³-hybridized carbons (Fsp3) is 0.667. The van der Waals surface area contributed by atoms with Crippen molar-refractivity contribution in [3.63, 3.8) is 0 Å². The summed E-state index contributed by atoms with van der Waals surface area (Å²) in [6.45, 7) is 8.08. The highest BCUT2D eigenvalue weighted by atomic mass is 16.5. The van der Waals surface area contributed by atoms with Crippen LogP contribution in [0.3, 0.4) is 0 Å². The second kappa shape index (κ2) is 8.47. The summed E-state index contributed by atoms with van der Waals surface area (Å²) in [5.74, 6) is 0.259. The van der Waals surface area contributed by atoms with Crippen LogP contribution in [0, 0.1) is 0 Å². The number of piperidine rings is 1. The van der Waals surface area contributed by atoms with Gasteiger partial charge in [0.05, 0.1) is 17.3 Å². The summed E-state index contributed by atoms with van der Waals surface area (Å²) in [5, 5.41) is 9.41. The van der Waals surface area contributed by atoms with E-state index in [0.29, 0.717) is 19.0 Å². The molecule has 0 radical (unpaired) electrons. The highest BCUT2D eigenvalue weighted by molar-refractivity contribution is 5.92. The first-order valence-corrected chi connectivity index (χ1v) is 10.7. The third kappa shape index (κ3) is 3.72. The lowest BCUT2D eigenvalue weighted by molar-refractivity contribution is -0.133. The van der Waals surface area contributed by atoms with E-state index < -0.39 is 0 Å². The minimum Gasteiger partial charge on any atom is -0.381 e. The molecule has 2 aliphatic rings. The zero-order chi connectivity index (χ0) is 19.5. The molecule has 0 aromatic carbocycles. The molecule has 0 atom stereocenters. The lowest BCUT2D eigenvalue weighted by Gasteiger charge is -2.30. The molecule has 0 spiro atoms. The molecule has 7 nitrogen and oxygen atoms in total. The van der Waals surface area contributed by atoms with E-state index in [4.69, 9.17) is 9.72 Å². The number of carbonyl (C=O) groups is 1. The highest BCUT2D eigenvalue weighted by Crippen LogP contribution is 2.32. The molecule has 4 heterocycles. The summed E-state index contributed by atoms with van der Waals surface area (Å²) in [4.78, 5) is 19.4. The number of likely N-dealkylation sites (tertiary alicyclic amines) is 1. The number of carbonyl (C=O) groups excluding carboxylic acids is 1. The molecule has 152 valence electrons. The first-order chi connectivity index (χ1) is 13.7. The average molecular weight is 386 g/mol. The van der Waals surface area contributed by atoms with Gasteiger partial charge in [-0.1, -0.05) is 6.92 Å². The van der Waals surface area contributed by atoms with E-state index in [1.165, 1.54) is 0 Å². The van der Waals surface area contributed by atoms with Crippen molar-refractivity contribution in [3.8, 4) is 0 Å². The molecular weight excluding hydrogens is 354 g/mol. The van der Waals surface area contributed by atoms with Gasteiger partial charge in [0, 0.05) is 56.6 Å². The number of pyridine rings is 1. The van der Waals surface area contributed by atoms with Crippen LogP contribution in [-0.2, 0) is 29.0 Å². The van der Waals surface area contributed by atoms with Crippen LogP contribution >= 0.6 is 0 Å². The van der Waals surface area contributed by atoms with Gasteiger partial charge >= 0.3 is 0 Å². The van der Waals surface area contributed by atoms with E-state index in [-0.39, 0.29) is 5.91 Å². The minimum absolute atomic E-state index is 0.259. The molecule has 0 saturated carbocycles. The summed E-state index contributed by atoms with van der Waals surface area (Å²) in [6, 6.07) is 0.379. The van der Waals surface area contributed by atoms with Crippen molar-refractivity contribution >= 4 is 22.6 Å². The number of nitrogens with zero attached hydrogens (tertiary/aromatic N) is 4. The molecular formula is C21H31N5O2. The summed E-state index contributed by atoms with van der Waals surface area (Å²) in [5.41, 5.74) is 4.28. The van der Waals surface area contributed by atoms with E-state index in [9.17, 15) is 4.79 Å². The standard InChI is InChI=1S/C21H31N5O2/c1-3-18-17(14-25-10-6-5-7-19(25)27)20(23-15-8-11-28-12-9-15)16-13-22-26(4-2)21(16)24-18/h13,15H,3-12,14H2,1-2H3,(H,23,24). The molecule has 2 aliphatic heterocycles. The van der Waals surface area contributed by atoms with Gasteiger partial charge in [-0.05, 0) is 39.0 Å². The van der Waals surface area contributed by atoms with Gasteiger partial charge in [0.15, 0.2) is 5.65 Å². The third-order valence-electron chi connectivity index (χ3n) is 5.95. The van der Waals surface area contributed by atoms with Crippen LogP contribution in [0.25, 0.3) is 11.0 Å². The van der Waals surface area contributed by atoms with Gasteiger partial charge in [0.1, 0.15) is 0 Å². The van der Waals surface area contributed by atoms with Crippen LogP contribution in [0.2, 0.25) is 0 Å². The Morgan fingerprint density at radius 1 is 1.25 bits per heavy atom. The molecule has 2 fully saturated rings. The molecule has 4 rings (SSSR count). The second-order valence-corrected chi connectivity index (χ2v) is 7.77. The average Bonchev–Trinajstić information content (AvgIpc) is 3.14. The van der Waals surface area contributed by atoms with Crippen LogP contribution in [-0.4, -0.2) is 51.4 Å². The van der Waals surface area contributed by atoms with Gasteiger partial charge < -0.3 is 15.0 Å². The molecule has 0 unspecified atom stereocenters. The van der Waals surface area contributed by atoms with Crippen molar-refractivity contribution in [2.45, 2.75) is 71.5 Å². The van der Waals surface area contributed by atoms with Crippen molar-refractivity contribution in [1.29, 1.82) is 0 Å². The Kier molecular flexibility index (Phi) is 5.80. The first-order valence-electron chi connectivity index (χ1n) is 10.7. The minimum atomic E-state index is 0.259. The Balaban J connectivity index is 1.77. The fourth-order valence-electron chi connectivity index (χ4n) is 4.30. The molecule has 2 aromatic heterocycles. The molecule has 0 aliphatic carbocycles. The number of amides is 1. The van der Waals surface area contributed by atoms with E-state index in [0.717, 1.165) is 86.4 Å². The molecule has 1 N–H and O–H groups in total. The van der Waals surface area contributed by atoms with Gasteiger partial charge in [0.25, 0.3) is 0 Å². The zero-order valence-corrected chi connectivity index (χ0v) is 17.0. The molecule has 28 heavy (non-hydrogen) atoms. The largest absolute Gasteiger partial charge is 0.381 e. The van der Waals surface area contributed by atoms with Gasteiger partial charge in [-0.15, -0.1) is 0 Å². The topological polar surface area (TPSA) is 72.3 Å². The van der Waals surface area contributed by atoms with Crippen LogP contribution in [0.15, 0.2) is 6.20 Å². The smallest absolute Gasteiger partial charge is 0.222 e. The molecule has 2 saturated heterocycles. The molecule has 1 amide bonds. The normalized spacial score (nSPS) is 18.8. The molecule has 2 aromatic rings. The summed E-state index contributed by atoms with van der Waals surface area (Å²) in [7, 11) is 0. The number of hydrogen-bond donors (Lipinski definition) is 1. The van der Waals surface area contributed by atoms with Crippen molar-refractivity contribution in [1.82, 2.24) is 19.7 Å². The zero-order valence-electron chi connectivity index (χ0n) is 17.0. The van der Waals surface area contributed by atoms with Crippen molar-refractivity contribution in [2.75, 3.05) is 25.1 Å². The molecule has 0 bridgehead atoms. The van der Waals surface area contributed by atoms with Gasteiger partial charge in [0.2, 0.25) is 5.91 Å². The number of nitrogens with one attached hydrogen (secondary N) is 1. The second-order valence-electron chi connectivity index (χ2n) is 7.77.